The highest BCUT2D eigenvalue weighted by Gasteiger charge is 2.18. The van der Waals surface area contributed by atoms with Gasteiger partial charge >= 0.3 is 0 Å². The molecule has 10 heteroatoms. The van der Waals surface area contributed by atoms with Crippen LogP contribution in [0.4, 0.5) is 0 Å². The zero-order valence-corrected chi connectivity index (χ0v) is 24.6. The van der Waals surface area contributed by atoms with E-state index in [0.717, 1.165) is 15.4 Å². The third-order valence-corrected chi connectivity index (χ3v) is 7.48. The van der Waals surface area contributed by atoms with Gasteiger partial charge in [0.05, 0.1) is 29.6 Å². The minimum atomic E-state index is -0.348. The molecule has 0 saturated carbocycles. The van der Waals surface area contributed by atoms with E-state index in [9.17, 15) is 4.79 Å². The van der Waals surface area contributed by atoms with Gasteiger partial charge in [0.15, 0.2) is 5.76 Å². The van der Waals surface area contributed by atoms with Crippen LogP contribution in [0.15, 0.2) is 104 Å². The molecular weight excluding hydrogens is 629 g/mol. The quantitative estimate of drug-likeness (QED) is 0.163. The molecule has 41 heavy (non-hydrogen) atoms. The third-order valence-electron chi connectivity index (χ3n) is 6.40. The standard InChI is InChI=1S/C31H20BrCl2N3O4/c1-39-27-7-4-8-28-23(27)15-29(41-28)30-36-25-6-3-2-5-22(25)31(38)37(30)35-16-19-13-20(32)10-12-26(19)40-17-18-9-11-21(33)14-24(18)34/h2-16H,17H2,1H3. The van der Waals surface area contributed by atoms with Crippen LogP contribution in [-0.4, -0.2) is 23.0 Å². The van der Waals surface area contributed by atoms with Crippen LogP contribution in [0.2, 0.25) is 10.0 Å². The van der Waals surface area contributed by atoms with E-state index in [1.54, 1.807) is 49.7 Å². The van der Waals surface area contributed by atoms with E-state index >= 15 is 0 Å². The molecule has 204 valence electrons. The van der Waals surface area contributed by atoms with E-state index in [4.69, 9.17) is 42.1 Å². The molecule has 0 N–H and O–H groups in total. The number of fused-ring (bicyclic) bond motifs is 2. The number of nitrogens with zero attached hydrogens (tertiary/aromatic N) is 3. The van der Waals surface area contributed by atoms with Crippen LogP contribution in [0, 0.1) is 0 Å². The van der Waals surface area contributed by atoms with Crippen LogP contribution >= 0.6 is 39.1 Å². The van der Waals surface area contributed by atoms with Gasteiger partial charge in [-0.15, -0.1) is 0 Å². The summed E-state index contributed by atoms with van der Waals surface area (Å²) >= 11 is 15.9. The Morgan fingerprint density at radius 3 is 2.66 bits per heavy atom. The largest absolute Gasteiger partial charge is 0.496 e. The summed E-state index contributed by atoms with van der Waals surface area (Å²) in [5.74, 6) is 1.80. The minimum absolute atomic E-state index is 0.210. The second kappa shape index (κ2) is 11.4. The lowest BCUT2D eigenvalue weighted by atomic mass is 10.2. The molecule has 0 saturated heterocycles. The Morgan fingerprint density at radius 2 is 1.83 bits per heavy atom. The molecule has 0 aliphatic heterocycles. The highest BCUT2D eigenvalue weighted by atomic mass is 79.9. The van der Waals surface area contributed by atoms with Crippen molar-refractivity contribution in [3.8, 4) is 23.1 Å². The van der Waals surface area contributed by atoms with Crippen molar-refractivity contribution in [1.82, 2.24) is 9.66 Å². The number of hydrogen-bond acceptors (Lipinski definition) is 6. The number of rotatable bonds is 7. The van der Waals surface area contributed by atoms with Gasteiger partial charge in [-0.1, -0.05) is 63.4 Å². The summed E-state index contributed by atoms with van der Waals surface area (Å²) < 4.78 is 19.7. The first-order valence-electron chi connectivity index (χ1n) is 12.4. The molecule has 0 amide bonds. The van der Waals surface area contributed by atoms with Gasteiger partial charge in [0.1, 0.15) is 23.7 Å². The number of hydrogen-bond donors (Lipinski definition) is 0. The molecule has 6 aromatic rings. The smallest absolute Gasteiger partial charge is 0.282 e. The molecule has 4 aromatic carbocycles. The fraction of sp³-hybridized carbons (Fsp3) is 0.0645. The zero-order chi connectivity index (χ0) is 28.5. The van der Waals surface area contributed by atoms with Gasteiger partial charge < -0.3 is 13.9 Å². The summed E-state index contributed by atoms with van der Waals surface area (Å²) in [5, 5.41) is 6.81. The number of aromatic nitrogens is 2. The highest BCUT2D eigenvalue weighted by Crippen LogP contribution is 2.33. The average Bonchev–Trinajstić information content (AvgIpc) is 3.41. The van der Waals surface area contributed by atoms with E-state index in [1.807, 2.05) is 48.5 Å². The Bertz CT molecular complexity index is 2020. The first kappa shape index (κ1) is 27.1. The van der Waals surface area contributed by atoms with Crippen molar-refractivity contribution in [3.05, 3.63) is 121 Å². The normalized spacial score (nSPS) is 11.5. The van der Waals surface area contributed by atoms with E-state index in [2.05, 4.69) is 21.0 Å². The Morgan fingerprint density at radius 1 is 0.976 bits per heavy atom. The van der Waals surface area contributed by atoms with Crippen molar-refractivity contribution in [2.24, 2.45) is 5.10 Å². The molecule has 6 rings (SSSR count). The molecule has 0 atom stereocenters. The summed E-state index contributed by atoms with van der Waals surface area (Å²) in [6.07, 6.45) is 1.55. The van der Waals surface area contributed by atoms with Crippen molar-refractivity contribution in [2.75, 3.05) is 7.11 Å². The molecule has 0 unspecified atom stereocenters. The monoisotopic (exact) mass is 647 g/mol. The number of para-hydroxylation sites is 1. The van der Waals surface area contributed by atoms with Crippen molar-refractivity contribution >= 4 is 67.2 Å². The SMILES string of the molecule is COc1cccc2oc(-c3nc4ccccc4c(=O)n3N=Cc3cc(Br)ccc3OCc3ccc(Cl)cc3Cl)cc12. The van der Waals surface area contributed by atoms with Crippen LogP contribution in [0.1, 0.15) is 11.1 Å². The van der Waals surface area contributed by atoms with Gasteiger partial charge in [-0.25, -0.2) is 4.98 Å². The van der Waals surface area contributed by atoms with Crippen molar-refractivity contribution in [1.29, 1.82) is 0 Å². The molecule has 7 nitrogen and oxygen atoms in total. The molecule has 2 heterocycles. The van der Waals surface area contributed by atoms with Crippen molar-refractivity contribution < 1.29 is 13.9 Å². The Hall–Kier alpha value is -4.11. The van der Waals surface area contributed by atoms with E-state index in [1.165, 1.54) is 4.68 Å². The van der Waals surface area contributed by atoms with Crippen LogP contribution in [0.3, 0.4) is 0 Å². The summed E-state index contributed by atoms with van der Waals surface area (Å²) in [4.78, 5) is 18.4. The predicted octanol–water partition coefficient (Wildman–Crippen LogP) is 8.35. The summed E-state index contributed by atoms with van der Waals surface area (Å²) in [7, 11) is 1.59. The maximum atomic E-state index is 13.7. The lowest BCUT2D eigenvalue weighted by Gasteiger charge is -2.11. The van der Waals surface area contributed by atoms with Crippen LogP contribution in [0.25, 0.3) is 33.5 Å². The predicted molar refractivity (Wildman–Crippen MR) is 166 cm³/mol. The van der Waals surface area contributed by atoms with Crippen molar-refractivity contribution in [2.45, 2.75) is 6.61 Å². The maximum Gasteiger partial charge on any atom is 0.282 e. The maximum absolute atomic E-state index is 13.7. The topological polar surface area (TPSA) is 78.9 Å². The van der Waals surface area contributed by atoms with Gasteiger partial charge in [-0.3, -0.25) is 4.79 Å². The fourth-order valence-electron chi connectivity index (χ4n) is 4.38. The fourth-order valence-corrected chi connectivity index (χ4v) is 5.22. The van der Waals surface area contributed by atoms with Gasteiger partial charge in [-0.2, -0.15) is 9.78 Å². The second-order valence-corrected chi connectivity index (χ2v) is 10.8. The lowest BCUT2D eigenvalue weighted by molar-refractivity contribution is 0.306. The van der Waals surface area contributed by atoms with Crippen LogP contribution < -0.4 is 15.0 Å². The van der Waals surface area contributed by atoms with Gasteiger partial charge in [0, 0.05) is 25.6 Å². The van der Waals surface area contributed by atoms with Gasteiger partial charge in [-0.05, 0) is 60.7 Å². The van der Waals surface area contributed by atoms with Gasteiger partial charge in [0.2, 0.25) is 5.82 Å². The highest BCUT2D eigenvalue weighted by molar-refractivity contribution is 9.10. The Balaban J connectivity index is 1.44. The number of methoxy groups -OCH3 is 1. The first-order valence-corrected chi connectivity index (χ1v) is 14.0. The summed E-state index contributed by atoms with van der Waals surface area (Å²) in [6, 6.07) is 25.1. The molecule has 2 aromatic heterocycles. The van der Waals surface area contributed by atoms with E-state index in [-0.39, 0.29) is 18.0 Å². The lowest BCUT2D eigenvalue weighted by Crippen LogP contribution is -2.20. The molecular formula is C31H20BrCl2N3O4. The van der Waals surface area contributed by atoms with Crippen molar-refractivity contribution in [3.63, 3.8) is 0 Å². The molecule has 0 fully saturated rings. The van der Waals surface area contributed by atoms with E-state index in [0.29, 0.717) is 49.4 Å². The average molecular weight is 649 g/mol. The van der Waals surface area contributed by atoms with Crippen LogP contribution in [0.5, 0.6) is 11.5 Å². The Labute approximate surface area is 252 Å². The minimum Gasteiger partial charge on any atom is -0.496 e. The third kappa shape index (κ3) is 5.46. The van der Waals surface area contributed by atoms with Crippen LogP contribution in [-0.2, 0) is 6.61 Å². The number of ether oxygens (including phenoxy) is 2. The number of halogens is 3. The summed E-state index contributed by atoms with van der Waals surface area (Å²) in [5.41, 5.74) is 2.18. The zero-order valence-electron chi connectivity index (χ0n) is 21.5. The molecule has 0 aliphatic rings. The summed E-state index contributed by atoms with van der Waals surface area (Å²) in [6.45, 7) is 0.210. The molecule has 0 radical (unpaired) electrons. The second-order valence-electron chi connectivity index (χ2n) is 9.00. The number of benzene rings is 4. The van der Waals surface area contributed by atoms with Gasteiger partial charge in [0.25, 0.3) is 5.56 Å². The molecule has 0 spiro atoms. The number of furan rings is 1. The first-order chi connectivity index (χ1) is 19.9. The van der Waals surface area contributed by atoms with E-state index < -0.39 is 0 Å². The molecule has 0 aliphatic carbocycles. The Kier molecular flexibility index (Phi) is 7.53. The molecule has 0 bridgehead atoms.